The van der Waals surface area contributed by atoms with Crippen LogP contribution in [0.25, 0.3) is 0 Å². The molecular formula is C12H16N4O2S. The summed E-state index contributed by atoms with van der Waals surface area (Å²) in [5.41, 5.74) is 1.14. The minimum Gasteiger partial charge on any atom is -0.461 e. The van der Waals surface area contributed by atoms with Crippen molar-refractivity contribution in [2.24, 2.45) is 0 Å². The Kier molecular flexibility index (Phi) is 4.62. The summed E-state index contributed by atoms with van der Waals surface area (Å²) in [5, 5.41) is 10.9. The van der Waals surface area contributed by atoms with Gasteiger partial charge in [-0.3, -0.25) is 0 Å². The van der Waals surface area contributed by atoms with Crippen molar-refractivity contribution in [3.63, 3.8) is 0 Å². The number of carbonyl (C=O) groups is 1. The Morgan fingerprint density at radius 1 is 1.47 bits per heavy atom. The molecule has 0 atom stereocenters. The van der Waals surface area contributed by atoms with Gasteiger partial charge in [0.15, 0.2) is 5.69 Å². The smallest absolute Gasteiger partial charge is 0.360 e. The molecule has 7 heteroatoms. The largest absolute Gasteiger partial charge is 0.461 e. The highest BCUT2D eigenvalue weighted by Crippen LogP contribution is 2.13. The predicted molar refractivity (Wildman–Crippen MR) is 71.2 cm³/mol. The molecule has 0 aliphatic heterocycles. The van der Waals surface area contributed by atoms with Gasteiger partial charge < -0.3 is 4.74 Å². The van der Waals surface area contributed by atoms with E-state index in [1.165, 1.54) is 0 Å². The third-order valence-corrected chi connectivity index (χ3v) is 3.33. The molecule has 0 aliphatic rings. The summed E-state index contributed by atoms with van der Waals surface area (Å²) in [7, 11) is 0. The monoisotopic (exact) mass is 280 g/mol. The first-order valence-corrected chi connectivity index (χ1v) is 7.12. The van der Waals surface area contributed by atoms with Crippen LogP contribution >= 0.6 is 11.3 Å². The average Bonchev–Trinajstić information content (AvgIpc) is 3.02. The molecule has 0 aliphatic carbocycles. The van der Waals surface area contributed by atoms with Crippen LogP contribution in [0.5, 0.6) is 0 Å². The van der Waals surface area contributed by atoms with E-state index in [1.54, 1.807) is 29.1 Å². The normalized spacial score (nSPS) is 10.6. The Labute approximate surface area is 115 Å². The van der Waals surface area contributed by atoms with Crippen LogP contribution in [0.4, 0.5) is 0 Å². The molecule has 0 saturated carbocycles. The van der Waals surface area contributed by atoms with Gasteiger partial charge in [-0.05, 0) is 13.3 Å². The van der Waals surface area contributed by atoms with E-state index in [0.29, 0.717) is 18.8 Å². The van der Waals surface area contributed by atoms with Crippen molar-refractivity contribution in [3.05, 3.63) is 28.0 Å². The van der Waals surface area contributed by atoms with Gasteiger partial charge in [0.25, 0.3) is 0 Å². The highest BCUT2D eigenvalue weighted by Gasteiger charge is 2.20. The number of esters is 1. The summed E-state index contributed by atoms with van der Waals surface area (Å²) in [4.78, 5) is 16.0. The van der Waals surface area contributed by atoms with E-state index < -0.39 is 5.97 Å². The van der Waals surface area contributed by atoms with Gasteiger partial charge in [0.05, 0.1) is 18.8 Å². The zero-order valence-electron chi connectivity index (χ0n) is 11.0. The van der Waals surface area contributed by atoms with Crippen molar-refractivity contribution >= 4 is 17.3 Å². The lowest BCUT2D eigenvalue weighted by atomic mass is 10.2. The standard InChI is InChI=1S/C12H16N4O2S/c1-3-5-9-11(12(17)18-4-2)14-15-16(9)8-10-13-6-7-19-10/h6-7H,3-5,8H2,1-2H3. The average molecular weight is 280 g/mol. The first kappa shape index (κ1) is 13.7. The number of carbonyl (C=O) groups excluding carboxylic acids is 1. The number of ether oxygens (including phenoxy) is 1. The highest BCUT2D eigenvalue weighted by atomic mass is 32.1. The van der Waals surface area contributed by atoms with Crippen LogP contribution in [0.3, 0.4) is 0 Å². The summed E-state index contributed by atoms with van der Waals surface area (Å²) in [6.07, 6.45) is 3.41. The molecule has 2 aromatic heterocycles. The van der Waals surface area contributed by atoms with Gasteiger partial charge in [0.1, 0.15) is 5.01 Å². The number of hydrogen-bond acceptors (Lipinski definition) is 6. The fourth-order valence-electron chi connectivity index (χ4n) is 1.76. The Hall–Kier alpha value is -1.76. The van der Waals surface area contributed by atoms with E-state index in [0.717, 1.165) is 23.5 Å². The van der Waals surface area contributed by atoms with Gasteiger partial charge in [0, 0.05) is 11.6 Å². The fraction of sp³-hybridized carbons (Fsp3) is 0.500. The minimum atomic E-state index is -0.406. The van der Waals surface area contributed by atoms with Gasteiger partial charge in [-0.2, -0.15) is 0 Å². The third-order valence-electron chi connectivity index (χ3n) is 2.56. The molecule has 0 spiro atoms. The molecule has 0 unspecified atom stereocenters. The van der Waals surface area contributed by atoms with E-state index >= 15 is 0 Å². The Morgan fingerprint density at radius 3 is 2.95 bits per heavy atom. The Balaban J connectivity index is 2.25. The molecule has 0 amide bonds. The molecule has 2 rings (SSSR count). The second-order valence-electron chi connectivity index (χ2n) is 3.94. The van der Waals surface area contributed by atoms with Crippen LogP contribution in [0.15, 0.2) is 11.6 Å². The van der Waals surface area contributed by atoms with E-state index in [-0.39, 0.29) is 0 Å². The summed E-state index contributed by atoms with van der Waals surface area (Å²) < 4.78 is 6.73. The molecule has 0 aromatic carbocycles. The van der Waals surface area contributed by atoms with Crippen LogP contribution < -0.4 is 0 Å². The summed E-state index contributed by atoms with van der Waals surface area (Å²) >= 11 is 1.56. The number of thiazole rings is 1. The maximum absolute atomic E-state index is 11.8. The summed E-state index contributed by atoms with van der Waals surface area (Å²) in [5.74, 6) is -0.406. The first-order chi connectivity index (χ1) is 9.26. The lowest BCUT2D eigenvalue weighted by Gasteiger charge is -2.05. The van der Waals surface area contributed by atoms with Crippen molar-refractivity contribution < 1.29 is 9.53 Å². The number of aromatic nitrogens is 4. The molecule has 0 bridgehead atoms. The second-order valence-corrected chi connectivity index (χ2v) is 4.92. The summed E-state index contributed by atoms with van der Waals surface area (Å²) in [6, 6.07) is 0. The van der Waals surface area contributed by atoms with Gasteiger partial charge in [-0.1, -0.05) is 18.6 Å². The topological polar surface area (TPSA) is 69.9 Å². The predicted octanol–water partition coefficient (Wildman–Crippen LogP) is 1.91. The summed E-state index contributed by atoms with van der Waals surface area (Å²) in [6.45, 7) is 4.70. The maximum atomic E-state index is 11.8. The maximum Gasteiger partial charge on any atom is 0.360 e. The highest BCUT2D eigenvalue weighted by molar-refractivity contribution is 7.09. The molecular weight excluding hydrogens is 264 g/mol. The lowest BCUT2D eigenvalue weighted by Crippen LogP contribution is -2.11. The molecule has 2 heterocycles. The van der Waals surface area contributed by atoms with Gasteiger partial charge >= 0.3 is 5.97 Å². The van der Waals surface area contributed by atoms with Crippen LogP contribution in [-0.2, 0) is 17.7 Å². The van der Waals surface area contributed by atoms with Crippen LogP contribution in [0, 0.1) is 0 Å². The Morgan fingerprint density at radius 2 is 2.32 bits per heavy atom. The third kappa shape index (κ3) is 3.17. The van der Waals surface area contributed by atoms with Gasteiger partial charge in [-0.15, -0.1) is 16.4 Å². The van der Waals surface area contributed by atoms with E-state index in [1.807, 2.05) is 5.38 Å². The molecule has 0 radical (unpaired) electrons. The molecule has 0 N–H and O–H groups in total. The first-order valence-electron chi connectivity index (χ1n) is 6.24. The molecule has 102 valence electrons. The molecule has 0 fully saturated rings. The van der Waals surface area contributed by atoms with E-state index in [9.17, 15) is 4.79 Å². The second kappa shape index (κ2) is 6.42. The van der Waals surface area contributed by atoms with Crippen molar-refractivity contribution in [2.45, 2.75) is 33.2 Å². The minimum absolute atomic E-state index is 0.320. The van der Waals surface area contributed by atoms with Crippen molar-refractivity contribution in [1.82, 2.24) is 20.0 Å². The molecule has 2 aromatic rings. The van der Waals surface area contributed by atoms with Crippen molar-refractivity contribution in [3.8, 4) is 0 Å². The molecule has 19 heavy (non-hydrogen) atoms. The van der Waals surface area contributed by atoms with Crippen LogP contribution in [0.1, 0.15) is 41.5 Å². The van der Waals surface area contributed by atoms with Crippen LogP contribution in [-0.4, -0.2) is 32.6 Å². The zero-order valence-corrected chi connectivity index (χ0v) is 11.8. The van der Waals surface area contributed by atoms with Crippen molar-refractivity contribution in [1.29, 1.82) is 0 Å². The Bertz CT molecular complexity index is 536. The lowest BCUT2D eigenvalue weighted by molar-refractivity contribution is 0.0518. The SMILES string of the molecule is CCCc1c(C(=O)OCC)nnn1Cc1nccs1. The fourth-order valence-corrected chi connectivity index (χ4v) is 2.36. The van der Waals surface area contributed by atoms with Gasteiger partial charge in [-0.25, -0.2) is 14.5 Å². The molecule has 0 saturated heterocycles. The van der Waals surface area contributed by atoms with E-state index in [2.05, 4.69) is 22.2 Å². The zero-order chi connectivity index (χ0) is 13.7. The van der Waals surface area contributed by atoms with E-state index in [4.69, 9.17) is 4.74 Å². The van der Waals surface area contributed by atoms with Crippen molar-refractivity contribution in [2.75, 3.05) is 6.61 Å². The van der Waals surface area contributed by atoms with Gasteiger partial charge in [0.2, 0.25) is 0 Å². The molecule has 6 nitrogen and oxygen atoms in total. The number of rotatable bonds is 6. The van der Waals surface area contributed by atoms with Crippen LogP contribution in [0.2, 0.25) is 0 Å². The number of nitrogens with zero attached hydrogens (tertiary/aromatic N) is 4. The number of hydrogen-bond donors (Lipinski definition) is 0. The quantitative estimate of drug-likeness (QED) is 0.756.